The summed E-state index contributed by atoms with van der Waals surface area (Å²) in [7, 11) is 0. The van der Waals surface area contributed by atoms with Gasteiger partial charge in [0.25, 0.3) is 0 Å². The summed E-state index contributed by atoms with van der Waals surface area (Å²) in [4.78, 5) is 16.1. The van der Waals surface area contributed by atoms with Crippen LogP contribution in [0.2, 0.25) is 5.02 Å². The summed E-state index contributed by atoms with van der Waals surface area (Å²) >= 11 is 6.07. The van der Waals surface area contributed by atoms with Crippen molar-refractivity contribution in [2.45, 2.75) is 32.9 Å². The molecule has 0 unspecified atom stereocenters. The first-order chi connectivity index (χ1) is 13.0. The molecule has 1 aromatic carbocycles. The van der Waals surface area contributed by atoms with Crippen molar-refractivity contribution < 1.29 is 9.32 Å². The first kappa shape index (κ1) is 18.6. The molecule has 0 saturated carbocycles. The number of nitrogens with zero attached hydrogens (tertiary/aromatic N) is 5. The molecule has 0 saturated heterocycles. The number of carbonyl (C=O) groups is 1. The number of hydrogen-bond donors (Lipinski definition) is 1. The van der Waals surface area contributed by atoms with Gasteiger partial charge < -0.3 is 9.84 Å². The molecule has 8 nitrogen and oxygen atoms in total. The molecule has 3 rings (SSSR count). The lowest BCUT2D eigenvalue weighted by Crippen LogP contribution is -2.36. The molecule has 0 bridgehead atoms. The predicted octanol–water partition coefficient (Wildman–Crippen LogP) is 2.84. The van der Waals surface area contributed by atoms with Crippen LogP contribution in [0.25, 0.3) is 11.3 Å². The van der Waals surface area contributed by atoms with E-state index in [9.17, 15) is 4.79 Å². The summed E-state index contributed by atoms with van der Waals surface area (Å²) in [6.07, 6.45) is 2.41. The average Bonchev–Trinajstić information content (AvgIpc) is 3.30. The Balaban J connectivity index is 1.64. The largest absolute Gasteiger partial charge is 0.344 e. The van der Waals surface area contributed by atoms with E-state index in [1.54, 1.807) is 22.9 Å². The maximum Gasteiger partial charge on any atom is 0.315 e. The summed E-state index contributed by atoms with van der Waals surface area (Å²) in [5.74, 6) is 0.0265. The normalized spacial score (nSPS) is 11.8. The number of amides is 1. The van der Waals surface area contributed by atoms with Crippen LogP contribution in [0.3, 0.4) is 0 Å². The Hall–Kier alpha value is -3.18. The van der Waals surface area contributed by atoms with Crippen LogP contribution in [0.4, 0.5) is 0 Å². The molecule has 0 aliphatic rings. The van der Waals surface area contributed by atoms with Crippen LogP contribution >= 0.6 is 11.6 Å². The molecule has 1 atom stereocenters. The smallest absolute Gasteiger partial charge is 0.315 e. The van der Waals surface area contributed by atoms with E-state index in [4.69, 9.17) is 21.4 Å². The number of nitriles is 1. The lowest BCUT2D eigenvalue weighted by molar-refractivity contribution is 0.0891. The van der Waals surface area contributed by atoms with Gasteiger partial charge in [0.05, 0.1) is 22.8 Å². The van der Waals surface area contributed by atoms with Crippen molar-refractivity contribution in [1.29, 1.82) is 5.26 Å². The average molecular weight is 385 g/mol. The summed E-state index contributed by atoms with van der Waals surface area (Å²) in [6.45, 7) is 4.20. The van der Waals surface area contributed by atoms with Crippen LogP contribution in [0.1, 0.15) is 35.9 Å². The second-order valence-corrected chi connectivity index (χ2v) is 6.38. The molecule has 9 heteroatoms. The Bertz CT molecular complexity index is 1000. The lowest BCUT2D eigenvalue weighted by Gasteiger charge is -2.12. The van der Waals surface area contributed by atoms with E-state index in [0.717, 1.165) is 11.3 Å². The molecule has 0 aliphatic carbocycles. The molecule has 1 amide bonds. The van der Waals surface area contributed by atoms with Gasteiger partial charge in [-0.25, -0.2) is 0 Å². The van der Waals surface area contributed by atoms with Gasteiger partial charge >= 0.3 is 11.8 Å². The van der Waals surface area contributed by atoms with Crippen LogP contribution in [-0.2, 0) is 13.0 Å². The Morgan fingerprint density at radius 3 is 2.93 bits per heavy atom. The third-order valence-electron chi connectivity index (χ3n) is 3.84. The number of nitrogens with one attached hydrogen (secondary N) is 1. The first-order valence-electron chi connectivity index (χ1n) is 8.37. The van der Waals surface area contributed by atoms with Crippen LogP contribution in [0, 0.1) is 11.3 Å². The van der Waals surface area contributed by atoms with Gasteiger partial charge in [0.2, 0.25) is 0 Å². The monoisotopic (exact) mass is 384 g/mol. The van der Waals surface area contributed by atoms with Crippen molar-refractivity contribution in [3.8, 4) is 17.3 Å². The molecular formula is C18H17ClN6O2. The number of halogens is 1. The summed E-state index contributed by atoms with van der Waals surface area (Å²) < 4.78 is 6.65. The fourth-order valence-corrected chi connectivity index (χ4v) is 2.71. The summed E-state index contributed by atoms with van der Waals surface area (Å²) in [6, 6.07) is 8.83. The van der Waals surface area contributed by atoms with Gasteiger partial charge in [-0.15, -0.1) is 0 Å². The van der Waals surface area contributed by atoms with E-state index >= 15 is 0 Å². The molecule has 2 aromatic heterocycles. The number of carbonyl (C=O) groups excluding carboxylic acids is 1. The molecule has 3 aromatic rings. The van der Waals surface area contributed by atoms with Crippen LogP contribution in [-0.4, -0.2) is 31.9 Å². The van der Waals surface area contributed by atoms with Gasteiger partial charge in [-0.3, -0.25) is 9.48 Å². The lowest BCUT2D eigenvalue weighted by atomic mass is 10.1. The van der Waals surface area contributed by atoms with Crippen molar-refractivity contribution in [2.75, 3.05) is 0 Å². The minimum absolute atomic E-state index is 0.0490. The van der Waals surface area contributed by atoms with E-state index in [2.05, 4.69) is 20.6 Å². The topological polar surface area (TPSA) is 110 Å². The second kappa shape index (κ2) is 8.01. The van der Waals surface area contributed by atoms with E-state index < -0.39 is 5.91 Å². The number of benzene rings is 1. The van der Waals surface area contributed by atoms with Gasteiger partial charge in [0, 0.05) is 24.2 Å². The van der Waals surface area contributed by atoms with Crippen molar-refractivity contribution in [2.24, 2.45) is 0 Å². The van der Waals surface area contributed by atoms with Gasteiger partial charge in [0.15, 0.2) is 5.82 Å². The van der Waals surface area contributed by atoms with E-state index in [1.165, 1.54) is 0 Å². The third kappa shape index (κ3) is 4.33. The van der Waals surface area contributed by atoms with Crippen LogP contribution in [0.5, 0.6) is 0 Å². The van der Waals surface area contributed by atoms with Crippen LogP contribution in [0.15, 0.2) is 35.0 Å². The van der Waals surface area contributed by atoms with Gasteiger partial charge in [-0.2, -0.15) is 15.3 Å². The Kier molecular flexibility index (Phi) is 5.52. The molecule has 0 aliphatic heterocycles. The van der Waals surface area contributed by atoms with Crippen LogP contribution < -0.4 is 5.32 Å². The SMILES string of the molecule is CCc1noc(C(=O)N[C@@H](C)Cn2ccc(-c3ccc(C#N)c(Cl)c3)n2)n1. The molecular weight excluding hydrogens is 368 g/mol. The van der Waals surface area contributed by atoms with Gasteiger partial charge in [0.1, 0.15) is 6.07 Å². The van der Waals surface area contributed by atoms with Crippen molar-refractivity contribution in [1.82, 2.24) is 25.2 Å². The first-order valence-corrected chi connectivity index (χ1v) is 8.75. The molecule has 0 fully saturated rings. The maximum absolute atomic E-state index is 12.1. The highest BCUT2D eigenvalue weighted by Gasteiger charge is 2.17. The highest BCUT2D eigenvalue weighted by atomic mass is 35.5. The zero-order chi connectivity index (χ0) is 19.4. The standard InChI is InChI=1S/C18H17ClN6O2/c1-3-16-22-18(27-24-16)17(26)21-11(2)10-25-7-6-15(23-25)12-4-5-13(9-20)14(19)8-12/h4-8,11H,3,10H2,1-2H3,(H,21,26)/t11-/m0/s1. The Morgan fingerprint density at radius 1 is 1.44 bits per heavy atom. The van der Waals surface area contributed by atoms with Crippen molar-refractivity contribution >= 4 is 17.5 Å². The highest BCUT2D eigenvalue weighted by Crippen LogP contribution is 2.24. The molecule has 2 heterocycles. The van der Waals surface area contributed by atoms with E-state index in [-0.39, 0.29) is 11.9 Å². The Labute approximate surface area is 160 Å². The molecule has 0 radical (unpaired) electrons. The zero-order valence-corrected chi connectivity index (χ0v) is 15.6. The highest BCUT2D eigenvalue weighted by molar-refractivity contribution is 6.32. The number of hydrogen-bond acceptors (Lipinski definition) is 6. The van der Waals surface area contributed by atoms with E-state index in [1.807, 2.05) is 32.2 Å². The minimum atomic E-state index is -0.416. The number of rotatable bonds is 6. The summed E-state index contributed by atoms with van der Waals surface area (Å²) in [5, 5.41) is 20.3. The fraction of sp³-hybridized carbons (Fsp3) is 0.278. The third-order valence-corrected chi connectivity index (χ3v) is 4.16. The fourth-order valence-electron chi connectivity index (χ4n) is 2.48. The van der Waals surface area contributed by atoms with Gasteiger partial charge in [-0.1, -0.05) is 29.7 Å². The predicted molar refractivity (Wildman–Crippen MR) is 98.0 cm³/mol. The Morgan fingerprint density at radius 2 is 2.26 bits per heavy atom. The number of aromatic nitrogens is 4. The summed E-state index contributed by atoms with van der Waals surface area (Å²) in [5.41, 5.74) is 1.96. The quantitative estimate of drug-likeness (QED) is 0.699. The van der Waals surface area contributed by atoms with Gasteiger partial charge in [-0.05, 0) is 25.1 Å². The van der Waals surface area contributed by atoms with Crippen molar-refractivity contribution in [3.05, 3.63) is 52.8 Å². The van der Waals surface area contributed by atoms with Crippen molar-refractivity contribution in [3.63, 3.8) is 0 Å². The molecule has 138 valence electrons. The minimum Gasteiger partial charge on any atom is -0.344 e. The molecule has 1 N–H and O–H groups in total. The zero-order valence-electron chi connectivity index (χ0n) is 14.8. The maximum atomic E-state index is 12.1. The van der Waals surface area contributed by atoms with E-state index in [0.29, 0.717) is 29.4 Å². The molecule has 27 heavy (non-hydrogen) atoms. The molecule has 0 spiro atoms. The number of aryl methyl sites for hydroxylation is 1. The second-order valence-electron chi connectivity index (χ2n) is 5.97.